The van der Waals surface area contributed by atoms with Gasteiger partial charge in [0, 0.05) is 22.4 Å². The van der Waals surface area contributed by atoms with Crippen LogP contribution in [0.1, 0.15) is 21.5 Å². The summed E-state index contributed by atoms with van der Waals surface area (Å²) in [5, 5.41) is 3.23. The van der Waals surface area contributed by atoms with Gasteiger partial charge in [-0.25, -0.2) is 0 Å². The summed E-state index contributed by atoms with van der Waals surface area (Å²) in [7, 11) is 0. The molecule has 4 nitrogen and oxygen atoms in total. The van der Waals surface area contributed by atoms with Gasteiger partial charge in [0.2, 0.25) is 0 Å². The molecule has 0 aliphatic carbocycles. The molecule has 0 bridgehead atoms. The Labute approximate surface area is 126 Å². The summed E-state index contributed by atoms with van der Waals surface area (Å²) >= 11 is 3.33. The van der Waals surface area contributed by atoms with Crippen molar-refractivity contribution >= 4 is 33.2 Å². The van der Waals surface area contributed by atoms with E-state index in [0.717, 1.165) is 21.3 Å². The van der Waals surface area contributed by atoms with Crippen LogP contribution in [0, 0.1) is 6.92 Å². The first-order valence-corrected chi connectivity index (χ1v) is 6.95. The van der Waals surface area contributed by atoms with Crippen molar-refractivity contribution in [3.05, 3.63) is 57.6 Å². The number of rotatable bonds is 4. The first-order valence-electron chi connectivity index (χ1n) is 6.16. The van der Waals surface area contributed by atoms with Gasteiger partial charge in [0.05, 0.1) is 5.56 Å². The summed E-state index contributed by atoms with van der Waals surface area (Å²) in [4.78, 5) is 11.4. The molecule has 0 heterocycles. The maximum atomic E-state index is 11.4. The molecule has 2 aromatic carbocycles. The standard InChI is InChI=1S/C15H16BrN3O/c1-9-10(3-2-4-13(9)17)8-19-14-6-5-11(16)7-12(14)15(18)20/h2-7,19H,8,17H2,1H3,(H2,18,20). The number of hydrogen-bond donors (Lipinski definition) is 3. The van der Waals surface area contributed by atoms with Crippen LogP contribution >= 0.6 is 15.9 Å². The maximum absolute atomic E-state index is 11.4. The van der Waals surface area contributed by atoms with Crippen LogP contribution in [0.25, 0.3) is 0 Å². The fourth-order valence-corrected chi connectivity index (χ4v) is 2.32. The van der Waals surface area contributed by atoms with E-state index >= 15 is 0 Å². The molecule has 104 valence electrons. The molecule has 0 aliphatic rings. The first-order chi connectivity index (χ1) is 9.49. The lowest BCUT2D eigenvalue weighted by atomic mass is 10.1. The molecule has 0 saturated carbocycles. The average Bonchev–Trinajstić information content (AvgIpc) is 2.41. The summed E-state index contributed by atoms with van der Waals surface area (Å²) in [6, 6.07) is 11.2. The van der Waals surface area contributed by atoms with Crippen LogP contribution in [0.4, 0.5) is 11.4 Å². The zero-order valence-electron chi connectivity index (χ0n) is 11.1. The Kier molecular flexibility index (Phi) is 4.29. The van der Waals surface area contributed by atoms with Crippen LogP contribution in [-0.2, 0) is 6.54 Å². The van der Waals surface area contributed by atoms with Crippen molar-refractivity contribution in [3.63, 3.8) is 0 Å². The van der Waals surface area contributed by atoms with E-state index in [4.69, 9.17) is 11.5 Å². The van der Waals surface area contributed by atoms with Gasteiger partial charge in [-0.3, -0.25) is 4.79 Å². The number of nitrogens with one attached hydrogen (secondary N) is 1. The fraction of sp³-hybridized carbons (Fsp3) is 0.133. The topological polar surface area (TPSA) is 81.1 Å². The average molecular weight is 334 g/mol. The molecular weight excluding hydrogens is 318 g/mol. The van der Waals surface area contributed by atoms with E-state index in [1.165, 1.54) is 0 Å². The van der Waals surface area contributed by atoms with Gasteiger partial charge in [-0.2, -0.15) is 0 Å². The third-order valence-electron chi connectivity index (χ3n) is 3.20. The Hall–Kier alpha value is -2.01. The van der Waals surface area contributed by atoms with E-state index in [0.29, 0.717) is 17.8 Å². The molecule has 5 N–H and O–H groups in total. The Morgan fingerprint density at radius 3 is 2.75 bits per heavy atom. The molecule has 0 radical (unpaired) electrons. The van der Waals surface area contributed by atoms with Gasteiger partial charge in [-0.05, 0) is 42.3 Å². The second-order valence-electron chi connectivity index (χ2n) is 4.54. The molecule has 0 unspecified atom stereocenters. The molecule has 2 aromatic rings. The number of carbonyl (C=O) groups excluding carboxylic acids is 1. The fourth-order valence-electron chi connectivity index (χ4n) is 1.96. The minimum absolute atomic E-state index is 0.459. The molecule has 1 amide bonds. The largest absolute Gasteiger partial charge is 0.399 e. The maximum Gasteiger partial charge on any atom is 0.250 e. The van der Waals surface area contributed by atoms with E-state index in [1.54, 1.807) is 6.07 Å². The van der Waals surface area contributed by atoms with E-state index in [-0.39, 0.29) is 0 Å². The van der Waals surface area contributed by atoms with Crippen LogP contribution < -0.4 is 16.8 Å². The van der Waals surface area contributed by atoms with Crippen molar-refractivity contribution in [2.75, 3.05) is 11.1 Å². The predicted octanol–water partition coefficient (Wildman–Crippen LogP) is 3.05. The highest BCUT2D eigenvalue weighted by Crippen LogP contribution is 2.22. The van der Waals surface area contributed by atoms with Crippen molar-refractivity contribution in [3.8, 4) is 0 Å². The molecule has 0 aromatic heterocycles. The second-order valence-corrected chi connectivity index (χ2v) is 5.45. The second kappa shape index (κ2) is 5.96. The molecule has 5 heteroatoms. The van der Waals surface area contributed by atoms with Crippen LogP contribution in [0.3, 0.4) is 0 Å². The third kappa shape index (κ3) is 3.11. The lowest BCUT2D eigenvalue weighted by molar-refractivity contribution is 0.100. The monoisotopic (exact) mass is 333 g/mol. The van der Waals surface area contributed by atoms with Gasteiger partial charge in [0.25, 0.3) is 5.91 Å². The molecular formula is C15H16BrN3O. The van der Waals surface area contributed by atoms with E-state index in [1.807, 2.05) is 37.3 Å². The van der Waals surface area contributed by atoms with Crippen molar-refractivity contribution in [2.45, 2.75) is 13.5 Å². The summed E-state index contributed by atoms with van der Waals surface area (Å²) in [6.07, 6.45) is 0. The zero-order chi connectivity index (χ0) is 14.7. The van der Waals surface area contributed by atoms with E-state index in [9.17, 15) is 4.79 Å². The molecule has 2 rings (SSSR count). The third-order valence-corrected chi connectivity index (χ3v) is 3.70. The lowest BCUT2D eigenvalue weighted by Crippen LogP contribution is -2.14. The van der Waals surface area contributed by atoms with Gasteiger partial charge < -0.3 is 16.8 Å². The van der Waals surface area contributed by atoms with Crippen molar-refractivity contribution in [1.29, 1.82) is 0 Å². The smallest absolute Gasteiger partial charge is 0.250 e. The number of nitrogens with two attached hydrogens (primary N) is 2. The van der Waals surface area contributed by atoms with E-state index in [2.05, 4.69) is 21.2 Å². The van der Waals surface area contributed by atoms with Crippen LogP contribution in [-0.4, -0.2) is 5.91 Å². The predicted molar refractivity (Wildman–Crippen MR) is 85.6 cm³/mol. The summed E-state index contributed by atoms with van der Waals surface area (Å²) in [5.74, 6) is -0.460. The van der Waals surface area contributed by atoms with Gasteiger partial charge in [-0.15, -0.1) is 0 Å². The van der Waals surface area contributed by atoms with Crippen LogP contribution in [0.15, 0.2) is 40.9 Å². The summed E-state index contributed by atoms with van der Waals surface area (Å²) in [6.45, 7) is 2.56. The summed E-state index contributed by atoms with van der Waals surface area (Å²) in [5.41, 5.74) is 15.3. The number of primary amides is 1. The van der Waals surface area contributed by atoms with Crippen molar-refractivity contribution in [2.24, 2.45) is 5.73 Å². The first kappa shape index (κ1) is 14.4. The Bertz CT molecular complexity index is 656. The number of hydrogen-bond acceptors (Lipinski definition) is 3. The molecule has 0 atom stereocenters. The lowest BCUT2D eigenvalue weighted by Gasteiger charge is -2.13. The molecule has 0 fully saturated rings. The minimum Gasteiger partial charge on any atom is -0.399 e. The SMILES string of the molecule is Cc1c(N)cccc1CNc1ccc(Br)cc1C(N)=O. The van der Waals surface area contributed by atoms with Crippen molar-refractivity contribution in [1.82, 2.24) is 0 Å². The van der Waals surface area contributed by atoms with Crippen molar-refractivity contribution < 1.29 is 4.79 Å². The normalized spacial score (nSPS) is 10.3. The van der Waals surface area contributed by atoms with Gasteiger partial charge in [0.1, 0.15) is 0 Å². The number of nitrogen functional groups attached to an aromatic ring is 1. The highest BCUT2D eigenvalue weighted by Gasteiger charge is 2.09. The molecule has 0 spiro atoms. The highest BCUT2D eigenvalue weighted by atomic mass is 79.9. The number of benzene rings is 2. The summed E-state index contributed by atoms with van der Waals surface area (Å²) < 4.78 is 0.817. The van der Waals surface area contributed by atoms with E-state index < -0.39 is 5.91 Å². The quantitative estimate of drug-likeness (QED) is 0.752. The number of anilines is 2. The number of carbonyl (C=O) groups is 1. The Morgan fingerprint density at radius 2 is 2.05 bits per heavy atom. The number of halogens is 1. The highest BCUT2D eigenvalue weighted by molar-refractivity contribution is 9.10. The zero-order valence-corrected chi connectivity index (χ0v) is 12.7. The van der Waals surface area contributed by atoms with Gasteiger partial charge >= 0.3 is 0 Å². The Balaban J connectivity index is 2.23. The van der Waals surface area contributed by atoms with Gasteiger partial charge in [0.15, 0.2) is 0 Å². The molecule has 0 aliphatic heterocycles. The molecule has 0 saturated heterocycles. The van der Waals surface area contributed by atoms with Crippen LogP contribution in [0.2, 0.25) is 0 Å². The van der Waals surface area contributed by atoms with Crippen LogP contribution in [0.5, 0.6) is 0 Å². The molecule has 20 heavy (non-hydrogen) atoms. The Morgan fingerprint density at radius 1 is 1.30 bits per heavy atom. The number of amides is 1. The van der Waals surface area contributed by atoms with Gasteiger partial charge in [-0.1, -0.05) is 28.1 Å². The minimum atomic E-state index is -0.460.